The molecular formula is C13H16ClIN2OS. The summed E-state index contributed by atoms with van der Waals surface area (Å²) in [5, 5.41) is 0. The minimum absolute atomic E-state index is 0.161. The third kappa shape index (κ3) is 3.49. The third-order valence-corrected chi connectivity index (χ3v) is 4.77. The van der Waals surface area contributed by atoms with E-state index in [1.807, 2.05) is 0 Å². The molecule has 0 radical (unpaired) electrons. The zero-order valence-electron chi connectivity index (χ0n) is 10.9. The van der Waals surface area contributed by atoms with E-state index >= 15 is 0 Å². The van der Waals surface area contributed by atoms with Crippen molar-refractivity contribution >= 4 is 56.0 Å². The Balaban J connectivity index is 2.54. The number of hydrogen-bond donors (Lipinski definition) is 0. The van der Waals surface area contributed by atoms with Crippen molar-refractivity contribution in [2.75, 3.05) is 17.9 Å². The van der Waals surface area contributed by atoms with E-state index in [9.17, 15) is 4.21 Å². The molecule has 2 atom stereocenters. The number of halogens is 2. The van der Waals surface area contributed by atoms with Crippen LogP contribution in [0.3, 0.4) is 0 Å². The molecule has 2 aromatic rings. The summed E-state index contributed by atoms with van der Waals surface area (Å²) in [5.74, 6) is 2.15. The predicted molar refractivity (Wildman–Crippen MR) is 90.5 cm³/mol. The van der Waals surface area contributed by atoms with E-state index in [-0.39, 0.29) is 6.04 Å². The van der Waals surface area contributed by atoms with E-state index in [1.165, 1.54) is 3.57 Å². The summed E-state index contributed by atoms with van der Waals surface area (Å²) in [4.78, 5) is 4.67. The van der Waals surface area contributed by atoms with E-state index in [0.717, 1.165) is 23.3 Å². The second kappa shape index (κ2) is 6.54. The number of nitrogens with zero attached hydrogens (tertiary/aromatic N) is 2. The molecule has 1 aromatic carbocycles. The normalized spacial score (nSPS) is 14.7. The highest BCUT2D eigenvalue weighted by atomic mass is 127. The van der Waals surface area contributed by atoms with Crippen LogP contribution in [-0.2, 0) is 17.2 Å². The Labute approximate surface area is 134 Å². The molecule has 0 amide bonds. The van der Waals surface area contributed by atoms with Gasteiger partial charge in [-0.15, -0.1) is 11.6 Å². The van der Waals surface area contributed by atoms with Gasteiger partial charge in [-0.2, -0.15) is 0 Å². The molecule has 0 aliphatic rings. The van der Waals surface area contributed by atoms with Crippen LogP contribution >= 0.6 is 34.2 Å². The number of fused-ring (bicyclic) bond motifs is 1. The lowest BCUT2D eigenvalue weighted by Gasteiger charge is -2.16. The minimum atomic E-state index is -0.823. The first kappa shape index (κ1) is 15.3. The van der Waals surface area contributed by atoms with Gasteiger partial charge in [0.1, 0.15) is 5.82 Å². The van der Waals surface area contributed by atoms with E-state index < -0.39 is 10.8 Å². The monoisotopic (exact) mass is 410 g/mol. The van der Waals surface area contributed by atoms with Crippen LogP contribution < -0.4 is 0 Å². The Morgan fingerprint density at radius 2 is 2.26 bits per heavy atom. The van der Waals surface area contributed by atoms with Gasteiger partial charge in [0.15, 0.2) is 0 Å². The smallest absolute Gasteiger partial charge is 0.111 e. The molecule has 0 aliphatic carbocycles. The van der Waals surface area contributed by atoms with Crippen LogP contribution in [0.4, 0.5) is 0 Å². The summed E-state index contributed by atoms with van der Waals surface area (Å²) in [6.45, 7) is 2.08. The lowest BCUT2D eigenvalue weighted by Crippen LogP contribution is -2.15. The molecule has 1 aromatic heterocycles. The molecule has 0 saturated carbocycles. The van der Waals surface area contributed by atoms with Crippen LogP contribution in [0.1, 0.15) is 18.8 Å². The summed E-state index contributed by atoms with van der Waals surface area (Å²) >= 11 is 8.15. The van der Waals surface area contributed by atoms with Gasteiger partial charge in [-0.05, 0) is 47.7 Å². The summed E-state index contributed by atoms with van der Waals surface area (Å²) in [7, 11) is -0.823. The van der Waals surface area contributed by atoms with Gasteiger partial charge in [0, 0.05) is 44.7 Å². The molecule has 2 unspecified atom stereocenters. The molecule has 0 aliphatic heterocycles. The average Bonchev–Trinajstić information content (AvgIpc) is 2.65. The summed E-state index contributed by atoms with van der Waals surface area (Å²) in [6.07, 6.45) is 2.47. The molecule has 19 heavy (non-hydrogen) atoms. The molecule has 6 heteroatoms. The number of benzene rings is 1. The molecule has 0 fully saturated rings. The highest BCUT2D eigenvalue weighted by Crippen LogP contribution is 2.24. The van der Waals surface area contributed by atoms with Gasteiger partial charge >= 0.3 is 0 Å². The third-order valence-electron chi connectivity index (χ3n) is 2.96. The summed E-state index contributed by atoms with van der Waals surface area (Å²) in [5.41, 5.74) is 2.08. The number of aryl methyl sites for hydroxylation is 1. The Kier molecular flexibility index (Phi) is 5.25. The Hall–Kier alpha value is -0.140. The molecule has 0 saturated heterocycles. The SMILES string of the molecule is CC(CS(C)=O)n1c(CCCl)nc2cc(I)ccc21. The lowest BCUT2D eigenvalue weighted by molar-refractivity contribution is 0.587. The number of rotatable bonds is 5. The number of alkyl halides is 1. The molecule has 2 rings (SSSR count). The van der Waals surface area contributed by atoms with E-state index in [1.54, 1.807) is 6.26 Å². The fraction of sp³-hybridized carbons (Fsp3) is 0.462. The Morgan fingerprint density at radius 3 is 2.89 bits per heavy atom. The van der Waals surface area contributed by atoms with Gasteiger partial charge < -0.3 is 4.57 Å². The van der Waals surface area contributed by atoms with Gasteiger partial charge in [0.25, 0.3) is 0 Å². The van der Waals surface area contributed by atoms with Gasteiger partial charge in [0.2, 0.25) is 0 Å². The first-order valence-corrected chi connectivity index (χ1v) is 9.39. The van der Waals surface area contributed by atoms with E-state index in [2.05, 4.69) is 57.3 Å². The van der Waals surface area contributed by atoms with Gasteiger partial charge in [-0.25, -0.2) is 4.98 Å². The number of imidazole rings is 1. The standard InChI is InChI=1S/C13H16ClIN2OS/c1-9(8-19(2)18)17-12-4-3-10(15)7-11(12)16-13(17)5-6-14/h3-4,7,9H,5-6,8H2,1-2H3. The van der Waals surface area contributed by atoms with Crippen LogP contribution in [0.5, 0.6) is 0 Å². The average molecular weight is 411 g/mol. The lowest BCUT2D eigenvalue weighted by atomic mass is 10.3. The van der Waals surface area contributed by atoms with Crippen molar-refractivity contribution in [1.29, 1.82) is 0 Å². The quantitative estimate of drug-likeness (QED) is 0.560. The van der Waals surface area contributed by atoms with Crippen molar-refractivity contribution in [2.24, 2.45) is 0 Å². The maximum absolute atomic E-state index is 11.5. The Bertz CT molecular complexity index is 614. The first-order chi connectivity index (χ1) is 9.02. The van der Waals surface area contributed by atoms with Crippen molar-refractivity contribution in [2.45, 2.75) is 19.4 Å². The maximum atomic E-state index is 11.5. The van der Waals surface area contributed by atoms with Crippen molar-refractivity contribution < 1.29 is 4.21 Å². The fourth-order valence-electron chi connectivity index (χ4n) is 2.29. The summed E-state index contributed by atoms with van der Waals surface area (Å²) < 4.78 is 14.8. The van der Waals surface area contributed by atoms with Crippen molar-refractivity contribution in [3.63, 3.8) is 0 Å². The van der Waals surface area contributed by atoms with Crippen molar-refractivity contribution in [3.8, 4) is 0 Å². The second-order valence-electron chi connectivity index (χ2n) is 4.56. The molecule has 1 heterocycles. The molecule has 0 spiro atoms. The van der Waals surface area contributed by atoms with Crippen LogP contribution in [0.25, 0.3) is 11.0 Å². The highest BCUT2D eigenvalue weighted by molar-refractivity contribution is 14.1. The van der Waals surface area contributed by atoms with Crippen molar-refractivity contribution in [3.05, 3.63) is 27.6 Å². The zero-order valence-corrected chi connectivity index (χ0v) is 14.6. The van der Waals surface area contributed by atoms with Gasteiger partial charge in [0.05, 0.1) is 11.0 Å². The zero-order chi connectivity index (χ0) is 14.0. The van der Waals surface area contributed by atoms with Gasteiger partial charge in [-0.1, -0.05) is 0 Å². The van der Waals surface area contributed by atoms with Crippen LogP contribution in [0.2, 0.25) is 0 Å². The fourth-order valence-corrected chi connectivity index (χ4v) is 3.76. The molecular weight excluding hydrogens is 395 g/mol. The number of aromatic nitrogens is 2. The van der Waals surface area contributed by atoms with Crippen molar-refractivity contribution in [1.82, 2.24) is 9.55 Å². The van der Waals surface area contributed by atoms with Crippen LogP contribution in [0.15, 0.2) is 18.2 Å². The number of hydrogen-bond acceptors (Lipinski definition) is 2. The highest BCUT2D eigenvalue weighted by Gasteiger charge is 2.16. The minimum Gasteiger partial charge on any atom is -0.324 e. The maximum Gasteiger partial charge on any atom is 0.111 e. The van der Waals surface area contributed by atoms with Crippen LogP contribution in [0, 0.1) is 3.57 Å². The second-order valence-corrected chi connectivity index (χ2v) is 7.66. The first-order valence-electron chi connectivity index (χ1n) is 6.05. The molecule has 0 N–H and O–H groups in total. The summed E-state index contributed by atoms with van der Waals surface area (Å²) in [6, 6.07) is 6.38. The Morgan fingerprint density at radius 1 is 1.53 bits per heavy atom. The predicted octanol–water partition coefficient (Wildman–Crippen LogP) is 3.36. The molecule has 0 bridgehead atoms. The molecule has 104 valence electrons. The topological polar surface area (TPSA) is 34.9 Å². The van der Waals surface area contributed by atoms with E-state index in [4.69, 9.17) is 11.6 Å². The largest absolute Gasteiger partial charge is 0.324 e. The van der Waals surface area contributed by atoms with E-state index in [0.29, 0.717) is 11.6 Å². The van der Waals surface area contributed by atoms with Gasteiger partial charge in [-0.3, -0.25) is 4.21 Å². The van der Waals surface area contributed by atoms with Crippen LogP contribution in [-0.4, -0.2) is 31.6 Å². The molecule has 3 nitrogen and oxygen atoms in total.